The van der Waals surface area contributed by atoms with E-state index in [0.717, 1.165) is 4.90 Å². The van der Waals surface area contributed by atoms with Gasteiger partial charge in [-0.2, -0.15) is 0 Å². The van der Waals surface area contributed by atoms with Gasteiger partial charge in [0, 0.05) is 11.9 Å². The van der Waals surface area contributed by atoms with Gasteiger partial charge >= 0.3 is 0 Å². The molecule has 0 spiro atoms. The molecule has 0 amide bonds. The van der Waals surface area contributed by atoms with Crippen molar-refractivity contribution in [3.8, 4) is 12.3 Å². The van der Waals surface area contributed by atoms with E-state index < -0.39 is 0 Å². The molecule has 0 aliphatic heterocycles. The Labute approximate surface area is 81.7 Å². The molecule has 0 saturated heterocycles. The van der Waals surface area contributed by atoms with Gasteiger partial charge in [0.25, 0.3) is 0 Å². The number of thioether (sulfide) groups is 1. The lowest BCUT2D eigenvalue weighted by atomic mass is 10.3. The Kier molecular flexibility index (Phi) is 3.66. The molecular weight excluding hydrogens is 185 g/mol. The first-order valence-corrected chi connectivity index (χ1v) is 4.80. The van der Waals surface area contributed by atoms with Crippen molar-refractivity contribution in [2.24, 2.45) is 0 Å². The van der Waals surface area contributed by atoms with Gasteiger partial charge in [0.05, 0.1) is 11.4 Å². The van der Waals surface area contributed by atoms with E-state index in [9.17, 15) is 4.39 Å². The monoisotopic (exact) mass is 195 g/mol. The van der Waals surface area contributed by atoms with E-state index in [1.165, 1.54) is 17.8 Å². The SMILES string of the molecule is C#CCSc1ccc(NC)c(F)c1. The Bertz CT molecular complexity index is 330. The predicted molar refractivity (Wildman–Crippen MR) is 55.5 cm³/mol. The van der Waals surface area contributed by atoms with Gasteiger partial charge in [0.15, 0.2) is 0 Å². The lowest BCUT2D eigenvalue weighted by Gasteiger charge is -2.03. The minimum atomic E-state index is -0.246. The summed E-state index contributed by atoms with van der Waals surface area (Å²) in [5.41, 5.74) is 0.505. The van der Waals surface area contributed by atoms with Crippen LogP contribution in [0.1, 0.15) is 0 Å². The van der Waals surface area contributed by atoms with Crippen molar-refractivity contribution >= 4 is 17.4 Å². The number of terminal acetylenes is 1. The van der Waals surface area contributed by atoms with Crippen LogP contribution in [-0.2, 0) is 0 Å². The van der Waals surface area contributed by atoms with Gasteiger partial charge in [-0.15, -0.1) is 18.2 Å². The minimum Gasteiger partial charge on any atom is -0.386 e. The molecule has 0 saturated carbocycles. The number of anilines is 1. The summed E-state index contributed by atoms with van der Waals surface area (Å²) >= 11 is 1.45. The zero-order chi connectivity index (χ0) is 9.68. The summed E-state index contributed by atoms with van der Waals surface area (Å²) in [5, 5.41) is 2.75. The minimum absolute atomic E-state index is 0.246. The molecule has 1 aromatic rings. The van der Waals surface area contributed by atoms with E-state index >= 15 is 0 Å². The van der Waals surface area contributed by atoms with E-state index in [1.54, 1.807) is 13.1 Å². The van der Waals surface area contributed by atoms with Gasteiger partial charge < -0.3 is 5.32 Å². The van der Waals surface area contributed by atoms with Crippen LogP contribution in [0.2, 0.25) is 0 Å². The van der Waals surface area contributed by atoms with E-state index in [0.29, 0.717) is 11.4 Å². The highest BCUT2D eigenvalue weighted by atomic mass is 32.2. The van der Waals surface area contributed by atoms with Crippen LogP contribution < -0.4 is 5.32 Å². The van der Waals surface area contributed by atoms with E-state index in [1.807, 2.05) is 6.07 Å². The molecule has 0 heterocycles. The highest BCUT2D eigenvalue weighted by Crippen LogP contribution is 2.22. The largest absolute Gasteiger partial charge is 0.386 e. The van der Waals surface area contributed by atoms with Crippen molar-refractivity contribution in [1.29, 1.82) is 0 Å². The molecule has 1 N–H and O–H groups in total. The van der Waals surface area contributed by atoms with E-state index in [-0.39, 0.29) is 5.82 Å². The molecule has 3 heteroatoms. The van der Waals surface area contributed by atoms with Crippen molar-refractivity contribution in [3.05, 3.63) is 24.0 Å². The third-order valence-corrected chi connectivity index (χ3v) is 2.43. The molecule has 0 atom stereocenters. The summed E-state index contributed by atoms with van der Waals surface area (Å²) in [6.07, 6.45) is 5.09. The molecule has 0 bridgehead atoms. The summed E-state index contributed by atoms with van der Waals surface area (Å²) in [5.74, 6) is 2.81. The average Bonchev–Trinajstić information content (AvgIpc) is 2.15. The van der Waals surface area contributed by atoms with Crippen molar-refractivity contribution in [2.75, 3.05) is 18.1 Å². The van der Waals surface area contributed by atoms with Gasteiger partial charge in [-0.3, -0.25) is 0 Å². The molecule has 0 fully saturated rings. The zero-order valence-electron chi connectivity index (χ0n) is 7.30. The number of nitrogens with one attached hydrogen (secondary N) is 1. The highest BCUT2D eigenvalue weighted by molar-refractivity contribution is 7.99. The molecule has 1 aromatic carbocycles. The Morgan fingerprint density at radius 2 is 2.38 bits per heavy atom. The van der Waals surface area contributed by atoms with Crippen LogP contribution in [0.3, 0.4) is 0 Å². The fraction of sp³-hybridized carbons (Fsp3) is 0.200. The number of hydrogen-bond acceptors (Lipinski definition) is 2. The highest BCUT2D eigenvalue weighted by Gasteiger charge is 2.00. The molecule has 0 aromatic heterocycles. The first-order valence-electron chi connectivity index (χ1n) is 3.81. The third kappa shape index (κ3) is 2.67. The Morgan fingerprint density at radius 1 is 1.62 bits per heavy atom. The first kappa shape index (κ1) is 9.94. The Morgan fingerprint density at radius 3 is 2.92 bits per heavy atom. The number of benzene rings is 1. The number of halogens is 1. The summed E-state index contributed by atoms with van der Waals surface area (Å²) in [4.78, 5) is 0.856. The van der Waals surface area contributed by atoms with Gasteiger partial charge in [-0.05, 0) is 18.2 Å². The van der Waals surface area contributed by atoms with Crippen molar-refractivity contribution in [2.45, 2.75) is 4.90 Å². The second-order valence-electron chi connectivity index (χ2n) is 2.38. The average molecular weight is 195 g/mol. The van der Waals surface area contributed by atoms with Gasteiger partial charge in [-0.1, -0.05) is 5.92 Å². The smallest absolute Gasteiger partial charge is 0.147 e. The summed E-state index contributed by atoms with van der Waals surface area (Å²) in [6.45, 7) is 0. The van der Waals surface area contributed by atoms with E-state index in [2.05, 4.69) is 11.2 Å². The predicted octanol–water partition coefficient (Wildman–Crippen LogP) is 2.59. The summed E-state index contributed by atoms with van der Waals surface area (Å²) in [6, 6.07) is 5.03. The maximum absolute atomic E-state index is 13.2. The maximum Gasteiger partial charge on any atom is 0.147 e. The van der Waals surface area contributed by atoms with Gasteiger partial charge in [-0.25, -0.2) is 4.39 Å². The fourth-order valence-electron chi connectivity index (χ4n) is 0.913. The standard InChI is InChI=1S/C10H10FNS/c1-3-6-13-8-4-5-10(12-2)9(11)7-8/h1,4-5,7,12H,6H2,2H3. The Hall–Kier alpha value is -1.14. The Balaban J connectivity index is 2.78. The second-order valence-corrected chi connectivity index (χ2v) is 3.43. The maximum atomic E-state index is 13.2. The molecular formula is C10H10FNS. The lowest BCUT2D eigenvalue weighted by molar-refractivity contribution is 0.628. The first-order chi connectivity index (χ1) is 6.27. The molecule has 0 aliphatic carbocycles. The number of rotatable bonds is 3. The van der Waals surface area contributed by atoms with Crippen molar-refractivity contribution < 1.29 is 4.39 Å². The molecule has 1 rings (SSSR count). The lowest BCUT2D eigenvalue weighted by Crippen LogP contribution is -1.91. The molecule has 68 valence electrons. The summed E-state index contributed by atoms with van der Waals surface area (Å²) < 4.78 is 13.2. The van der Waals surface area contributed by atoms with Crippen LogP contribution >= 0.6 is 11.8 Å². The normalized spacial score (nSPS) is 9.31. The molecule has 0 radical (unpaired) electrons. The van der Waals surface area contributed by atoms with Crippen LogP contribution in [0.4, 0.5) is 10.1 Å². The molecule has 0 aliphatic rings. The quantitative estimate of drug-likeness (QED) is 0.587. The molecule has 0 unspecified atom stereocenters. The fourth-order valence-corrected chi connectivity index (χ4v) is 1.51. The van der Waals surface area contributed by atoms with Crippen LogP contribution in [0.25, 0.3) is 0 Å². The van der Waals surface area contributed by atoms with Crippen LogP contribution in [-0.4, -0.2) is 12.8 Å². The van der Waals surface area contributed by atoms with Gasteiger partial charge in [0.1, 0.15) is 5.82 Å². The van der Waals surface area contributed by atoms with Crippen molar-refractivity contribution in [3.63, 3.8) is 0 Å². The summed E-state index contributed by atoms with van der Waals surface area (Å²) in [7, 11) is 1.69. The van der Waals surface area contributed by atoms with Gasteiger partial charge in [0.2, 0.25) is 0 Å². The van der Waals surface area contributed by atoms with Crippen LogP contribution in [0.5, 0.6) is 0 Å². The third-order valence-electron chi connectivity index (χ3n) is 1.53. The zero-order valence-corrected chi connectivity index (χ0v) is 8.12. The van der Waals surface area contributed by atoms with Crippen molar-refractivity contribution in [1.82, 2.24) is 0 Å². The number of hydrogen-bond donors (Lipinski definition) is 1. The van der Waals surface area contributed by atoms with Crippen LogP contribution in [0, 0.1) is 18.2 Å². The second kappa shape index (κ2) is 4.78. The molecule has 1 nitrogen and oxygen atoms in total. The van der Waals surface area contributed by atoms with E-state index in [4.69, 9.17) is 6.42 Å². The van der Waals surface area contributed by atoms with Crippen LogP contribution in [0.15, 0.2) is 23.1 Å². The topological polar surface area (TPSA) is 12.0 Å². The molecule has 13 heavy (non-hydrogen) atoms.